The van der Waals surface area contributed by atoms with Gasteiger partial charge in [0.05, 0.1) is 34.7 Å². The number of allylic oxidation sites excluding steroid dienone is 3. The largest absolute Gasteiger partial charge is 0.313 e. The average molecular weight is 467 g/mol. The molecule has 2 aromatic carbocycles. The Labute approximate surface area is 211 Å². The molecule has 7 rings (SSSR count). The summed E-state index contributed by atoms with van der Waals surface area (Å²) in [6.07, 6.45) is 18.1. The minimum Gasteiger partial charge on any atom is -0.313 e. The molecule has 0 radical (unpaired) electrons. The third-order valence-electron chi connectivity index (χ3n) is 8.54. The van der Waals surface area contributed by atoms with Crippen molar-refractivity contribution < 1.29 is 0 Å². The quantitative estimate of drug-likeness (QED) is 0.426. The molecule has 3 aromatic rings. The first kappa shape index (κ1) is 21.2. The molecule has 1 saturated carbocycles. The summed E-state index contributed by atoms with van der Waals surface area (Å²) >= 11 is 0. The number of rotatable bonds is 3. The fourth-order valence-electron chi connectivity index (χ4n) is 6.61. The zero-order valence-electron chi connectivity index (χ0n) is 20.1. The third kappa shape index (κ3) is 3.08. The van der Waals surface area contributed by atoms with E-state index in [1.165, 1.54) is 28.1 Å². The molecule has 3 aliphatic carbocycles. The summed E-state index contributed by atoms with van der Waals surface area (Å²) in [5, 5.41) is 20.1. The maximum atomic E-state index is 9.49. The van der Waals surface area contributed by atoms with E-state index in [-0.39, 0.29) is 11.5 Å². The monoisotopic (exact) mass is 466 g/mol. The fraction of sp³-hybridized carbons (Fsp3) is 0.281. The highest BCUT2D eigenvalue weighted by Gasteiger charge is 2.60. The lowest BCUT2D eigenvalue weighted by Gasteiger charge is -2.24. The van der Waals surface area contributed by atoms with Gasteiger partial charge in [-0.1, -0.05) is 42.5 Å². The maximum absolute atomic E-state index is 9.49. The van der Waals surface area contributed by atoms with E-state index < -0.39 is 0 Å². The molecule has 0 N–H and O–H groups in total. The van der Waals surface area contributed by atoms with Gasteiger partial charge >= 0.3 is 0 Å². The minimum atomic E-state index is -0.138. The second-order valence-corrected chi connectivity index (χ2v) is 10.5. The molecule has 4 aliphatic rings. The molecule has 1 aliphatic heterocycles. The van der Waals surface area contributed by atoms with Gasteiger partial charge in [-0.2, -0.15) is 10.5 Å². The van der Waals surface area contributed by atoms with Crippen LogP contribution in [0.15, 0.2) is 77.3 Å². The molecule has 1 aromatic heterocycles. The molecular formula is C32H26N4. The predicted octanol–water partition coefficient (Wildman–Crippen LogP) is 6.80. The van der Waals surface area contributed by atoms with Crippen LogP contribution in [-0.4, -0.2) is 16.3 Å². The smallest absolute Gasteiger partial charge is 0.0991 e. The number of fused-ring (bicyclic) bond motifs is 4. The van der Waals surface area contributed by atoms with Gasteiger partial charge in [0.25, 0.3) is 0 Å². The molecule has 0 saturated heterocycles. The Morgan fingerprint density at radius 1 is 1.06 bits per heavy atom. The SMILES string of the molecule is N#Cc1ccc2c(c1)c1c(n2-c2cccc(C3C=CC([C@@]45CC4C(C#N)CC=N5)=CC3)c2)CCC=C1. The van der Waals surface area contributed by atoms with E-state index in [9.17, 15) is 10.5 Å². The number of benzene rings is 2. The number of hydrogen-bond donors (Lipinski definition) is 0. The first-order valence-corrected chi connectivity index (χ1v) is 12.9. The molecule has 1 fully saturated rings. The van der Waals surface area contributed by atoms with Gasteiger partial charge in [-0.05, 0) is 73.6 Å². The minimum absolute atomic E-state index is 0.104. The molecule has 0 amide bonds. The van der Waals surface area contributed by atoms with Crippen molar-refractivity contribution in [3.63, 3.8) is 0 Å². The Morgan fingerprint density at radius 3 is 2.83 bits per heavy atom. The second kappa shape index (κ2) is 7.94. The van der Waals surface area contributed by atoms with Gasteiger partial charge in [-0.25, -0.2) is 0 Å². The van der Waals surface area contributed by atoms with Crippen molar-refractivity contribution in [1.29, 1.82) is 10.5 Å². The molecular weight excluding hydrogens is 440 g/mol. The standard InChI is InChI=1S/C32H26N4/c33-19-21-8-13-31-28(16-21)27-6-1-2-7-30(27)36(31)26-5-3-4-23(17-26)22-9-11-25(12-10-22)32-18-29(32)24(20-34)14-15-35-32/h1,3-6,8-9,11-13,15-17,22,24,29H,2,7,10,14,18H2/t22?,24?,29?,32-/m0/s1. The summed E-state index contributed by atoms with van der Waals surface area (Å²) in [5.74, 6) is 0.809. The summed E-state index contributed by atoms with van der Waals surface area (Å²) < 4.78 is 2.39. The zero-order chi connectivity index (χ0) is 24.3. The van der Waals surface area contributed by atoms with Crippen LogP contribution in [0.2, 0.25) is 0 Å². The molecule has 4 nitrogen and oxygen atoms in total. The third-order valence-corrected chi connectivity index (χ3v) is 8.54. The van der Waals surface area contributed by atoms with Crippen LogP contribution < -0.4 is 0 Å². The van der Waals surface area contributed by atoms with Crippen molar-refractivity contribution in [2.24, 2.45) is 16.8 Å². The number of hydrogen-bond acceptors (Lipinski definition) is 3. The van der Waals surface area contributed by atoms with Crippen molar-refractivity contribution in [3.05, 3.63) is 94.7 Å². The van der Waals surface area contributed by atoms with Crippen LogP contribution in [0.25, 0.3) is 22.7 Å². The van der Waals surface area contributed by atoms with Crippen LogP contribution in [0.1, 0.15) is 54.0 Å². The molecule has 0 bridgehead atoms. The summed E-state index contributed by atoms with van der Waals surface area (Å²) in [4.78, 5) is 4.86. The molecule has 4 heteroatoms. The van der Waals surface area contributed by atoms with Crippen LogP contribution in [0.4, 0.5) is 0 Å². The van der Waals surface area contributed by atoms with Gasteiger partial charge in [0.15, 0.2) is 0 Å². The Morgan fingerprint density at radius 2 is 2.00 bits per heavy atom. The van der Waals surface area contributed by atoms with E-state index in [0.717, 1.165) is 43.0 Å². The number of aromatic nitrogens is 1. The molecule has 0 spiro atoms. The molecule has 4 atom stereocenters. The van der Waals surface area contributed by atoms with Gasteiger partial charge in [0.2, 0.25) is 0 Å². The van der Waals surface area contributed by atoms with Crippen LogP contribution >= 0.6 is 0 Å². The lowest BCUT2D eigenvalue weighted by Crippen LogP contribution is -2.22. The first-order valence-electron chi connectivity index (χ1n) is 12.9. The van der Waals surface area contributed by atoms with Crippen molar-refractivity contribution in [2.45, 2.75) is 43.6 Å². The highest BCUT2D eigenvalue weighted by molar-refractivity contribution is 5.94. The van der Waals surface area contributed by atoms with Crippen LogP contribution in [0.5, 0.6) is 0 Å². The van der Waals surface area contributed by atoms with Crippen molar-refractivity contribution in [3.8, 4) is 17.8 Å². The number of nitrogens with zero attached hydrogens (tertiary/aromatic N) is 4. The van der Waals surface area contributed by atoms with E-state index >= 15 is 0 Å². The van der Waals surface area contributed by atoms with E-state index in [1.54, 1.807) is 0 Å². The fourth-order valence-corrected chi connectivity index (χ4v) is 6.61. The normalized spacial score (nSPS) is 27.6. The molecule has 36 heavy (non-hydrogen) atoms. The zero-order valence-corrected chi connectivity index (χ0v) is 20.1. The topological polar surface area (TPSA) is 64.9 Å². The van der Waals surface area contributed by atoms with E-state index in [1.807, 2.05) is 18.3 Å². The van der Waals surface area contributed by atoms with Crippen molar-refractivity contribution in [2.75, 3.05) is 0 Å². The maximum Gasteiger partial charge on any atom is 0.0991 e. The van der Waals surface area contributed by atoms with E-state index in [0.29, 0.717) is 17.4 Å². The van der Waals surface area contributed by atoms with Gasteiger partial charge in [-0.15, -0.1) is 0 Å². The number of nitriles is 2. The second-order valence-electron chi connectivity index (χ2n) is 10.5. The lowest BCUT2D eigenvalue weighted by molar-refractivity contribution is 0.525. The van der Waals surface area contributed by atoms with Crippen LogP contribution in [0.3, 0.4) is 0 Å². The molecule has 3 unspecified atom stereocenters. The van der Waals surface area contributed by atoms with Gasteiger partial charge in [0.1, 0.15) is 0 Å². The summed E-state index contributed by atoms with van der Waals surface area (Å²) in [5.41, 5.74) is 8.06. The van der Waals surface area contributed by atoms with Gasteiger partial charge < -0.3 is 4.57 Å². The van der Waals surface area contributed by atoms with Crippen LogP contribution in [-0.2, 0) is 6.42 Å². The molecule has 174 valence electrons. The summed E-state index contributed by atoms with van der Waals surface area (Å²) in [6, 6.07) is 19.7. The Bertz CT molecular complexity index is 1620. The van der Waals surface area contributed by atoms with E-state index in [4.69, 9.17) is 4.99 Å². The van der Waals surface area contributed by atoms with E-state index in [2.05, 4.69) is 77.4 Å². The van der Waals surface area contributed by atoms with Gasteiger partial charge in [-0.3, -0.25) is 4.99 Å². The Balaban J connectivity index is 1.22. The van der Waals surface area contributed by atoms with Crippen LogP contribution in [0, 0.1) is 34.5 Å². The van der Waals surface area contributed by atoms with Crippen molar-refractivity contribution >= 4 is 23.2 Å². The first-order chi connectivity index (χ1) is 17.7. The number of aliphatic imine (C=N–C) groups is 1. The van der Waals surface area contributed by atoms with Gasteiger partial charge in [0, 0.05) is 40.4 Å². The molecule has 2 heterocycles. The summed E-state index contributed by atoms with van der Waals surface area (Å²) in [7, 11) is 0. The Kier molecular flexibility index (Phi) is 4.66. The highest BCUT2D eigenvalue weighted by atomic mass is 15.0. The van der Waals surface area contributed by atoms with Crippen molar-refractivity contribution in [1.82, 2.24) is 4.57 Å². The highest BCUT2D eigenvalue weighted by Crippen LogP contribution is 2.59. The lowest BCUT2D eigenvalue weighted by atomic mass is 9.84. The summed E-state index contributed by atoms with van der Waals surface area (Å²) in [6.45, 7) is 0. The average Bonchev–Trinajstić information content (AvgIpc) is 3.62. The Hall–Kier alpha value is -4.15. The predicted molar refractivity (Wildman–Crippen MR) is 143 cm³/mol.